The van der Waals surface area contributed by atoms with Crippen LogP contribution in [0.4, 0.5) is 0 Å². The van der Waals surface area contributed by atoms with Crippen molar-refractivity contribution >= 4 is 5.91 Å². The zero-order chi connectivity index (χ0) is 17.2. The summed E-state index contributed by atoms with van der Waals surface area (Å²) in [4.78, 5) is 11.9. The molecule has 0 saturated heterocycles. The third kappa shape index (κ3) is 7.40. The summed E-state index contributed by atoms with van der Waals surface area (Å²) in [6.07, 6.45) is 5.06. The number of ether oxygens (including phenoxy) is 1. The summed E-state index contributed by atoms with van der Waals surface area (Å²) in [6.45, 7) is 7.27. The Morgan fingerprint density at radius 2 is 1.96 bits per heavy atom. The van der Waals surface area contributed by atoms with Crippen LogP contribution in [-0.2, 0) is 11.3 Å². The highest BCUT2D eigenvalue weighted by Crippen LogP contribution is 2.26. The molecule has 1 rings (SSSR count). The van der Waals surface area contributed by atoms with Crippen molar-refractivity contribution in [3.05, 3.63) is 23.8 Å². The third-order valence-electron chi connectivity index (χ3n) is 4.44. The zero-order valence-electron chi connectivity index (χ0n) is 14.9. The Labute approximate surface area is 140 Å². The van der Waals surface area contributed by atoms with Gasteiger partial charge in [0.05, 0.1) is 7.11 Å². The number of unbranched alkanes of at least 4 members (excludes halogenated alkanes) is 2. The number of carbonyl (C=O) groups excluding carboxylic acids is 1. The first kappa shape index (κ1) is 19.3. The van der Waals surface area contributed by atoms with Crippen molar-refractivity contribution < 1.29 is 14.6 Å². The van der Waals surface area contributed by atoms with E-state index in [0.29, 0.717) is 18.7 Å². The maximum Gasteiger partial charge on any atom is 0.220 e. The summed E-state index contributed by atoms with van der Waals surface area (Å²) < 4.78 is 5.06. The third-order valence-corrected chi connectivity index (χ3v) is 4.44. The molecule has 1 unspecified atom stereocenters. The van der Waals surface area contributed by atoms with Crippen molar-refractivity contribution in [3.8, 4) is 11.5 Å². The Bertz CT molecular complexity index is 486. The lowest BCUT2D eigenvalue weighted by Gasteiger charge is -2.14. The number of hydrogen-bond donors (Lipinski definition) is 2. The number of rotatable bonds is 10. The summed E-state index contributed by atoms with van der Waals surface area (Å²) in [5.41, 5.74) is 0.916. The SMILES string of the molecule is COc1cc(CNC(=O)CCCCCC(C)C(C)C)ccc1O. The summed E-state index contributed by atoms with van der Waals surface area (Å²) in [5, 5.41) is 12.5. The number of carbonyl (C=O) groups is 1. The maximum absolute atomic E-state index is 11.9. The number of phenolic OH excluding ortho intramolecular Hbond substituents is 1. The first-order valence-electron chi connectivity index (χ1n) is 8.56. The molecular weight excluding hydrogens is 290 g/mol. The van der Waals surface area contributed by atoms with Gasteiger partial charge in [0.2, 0.25) is 5.91 Å². The molecule has 0 aliphatic heterocycles. The minimum absolute atomic E-state index is 0.0777. The van der Waals surface area contributed by atoms with Crippen molar-refractivity contribution in [2.24, 2.45) is 11.8 Å². The van der Waals surface area contributed by atoms with Crippen LogP contribution in [0.5, 0.6) is 11.5 Å². The van der Waals surface area contributed by atoms with Crippen LogP contribution in [0.2, 0.25) is 0 Å². The van der Waals surface area contributed by atoms with Gasteiger partial charge in [-0.05, 0) is 36.0 Å². The van der Waals surface area contributed by atoms with Gasteiger partial charge in [-0.15, -0.1) is 0 Å². The normalized spacial score (nSPS) is 12.2. The highest BCUT2D eigenvalue weighted by atomic mass is 16.5. The van der Waals surface area contributed by atoms with Crippen LogP contribution in [0.15, 0.2) is 18.2 Å². The van der Waals surface area contributed by atoms with Crippen LogP contribution in [0, 0.1) is 11.8 Å². The van der Waals surface area contributed by atoms with E-state index in [1.165, 1.54) is 20.0 Å². The van der Waals surface area contributed by atoms with E-state index >= 15 is 0 Å². The standard InChI is InChI=1S/C19H31NO3/c1-14(2)15(3)8-6-5-7-9-19(22)20-13-16-10-11-17(21)18(12-16)23-4/h10-12,14-15,21H,5-9,13H2,1-4H3,(H,20,22). The molecule has 1 aromatic rings. The van der Waals surface area contributed by atoms with Gasteiger partial charge in [0, 0.05) is 13.0 Å². The Kier molecular flexibility index (Phi) is 8.52. The quantitative estimate of drug-likeness (QED) is 0.633. The fourth-order valence-corrected chi connectivity index (χ4v) is 2.38. The van der Waals surface area contributed by atoms with Crippen LogP contribution in [-0.4, -0.2) is 18.1 Å². The average Bonchev–Trinajstić information content (AvgIpc) is 2.53. The van der Waals surface area contributed by atoms with Crippen molar-refractivity contribution in [1.82, 2.24) is 5.32 Å². The van der Waals surface area contributed by atoms with E-state index in [0.717, 1.165) is 30.2 Å². The topological polar surface area (TPSA) is 58.6 Å². The van der Waals surface area contributed by atoms with E-state index in [2.05, 4.69) is 26.1 Å². The molecule has 0 heterocycles. The van der Waals surface area contributed by atoms with Gasteiger partial charge < -0.3 is 15.2 Å². The second kappa shape index (κ2) is 10.1. The smallest absolute Gasteiger partial charge is 0.220 e. The Morgan fingerprint density at radius 3 is 2.61 bits per heavy atom. The minimum Gasteiger partial charge on any atom is -0.504 e. The number of benzene rings is 1. The zero-order valence-corrected chi connectivity index (χ0v) is 14.9. The van der Waals surface area contributed by atoms with E-state index in [1.54, 1.807) is 18.2 Å². The Morgan fingerprint density at radius 1 is 1.22 bits per heavy atom. The van der Waals surface area contributed by atoms with Gasteiger partial charge in [0.1, 0.15) is 0 Å². The summed E-state index contributed by atoms with van der Waals surface area (Å²) >= 11 is 0. The number of nitrogens with one attached hydrogen (secondary N) is 1. The average molecular weight is 321 g/mol. The number of aromatic hydroxyl groups is 1. The van der Waals surface area contributed by atoms with Crippen LogP contribution < -0.4 is 10.1 Å². The van der Waals surface area contributed by atoms with Gasteiger partial charge in [-0.2, -0.15) is 0 Å². The highest BCUT2D eigenvalue weighted by Gasteiger charge is 2.07. The molecule has 130 valence electrons. The molecule has 0 bridgehead atoms. The monoisotopic (exact) mass is 321 g/mol. The molecule has 0 aromatic heterocycles. The van der Waals surface area contributed by atoms with Gasteiger partial charge in [0.15, 0.2) is 11.5 Å². The number of amides is 1. The van der Waals surface area contributed by atoms with Crippen molar-refractivity contribution in [2.75, 3.05) is 7.11 Å². The molecule has 4 heteroatoms. The summed E-state index contributed by atoms with van der Waals surface area (Å²) in [5.74, 6) is 2.11. The predicted molar refractivity (Wildman–Crippen MR) is 93.6 cm³/mol. The van der Waals surface area contributed by atoms with E-state index in [9.17, 15) is 9.90 Å². The lowest BCUT2D eigenvalue weighted by Crippen LogP contribution is -2.22. The van der Waals surface area contributed by atoms with Crippen LogP contribution in [0.1, 0.15) is 58.4 Å². The van der Waals surface area contributed by atoms with Gasteiger partial charge in [0.25, 0.3) is 0 Å². The molecule has 0 saturated carbocycles. The molecule has 23 heavy (non-hydrogen) atoms. The first-order chi connectivity index (χ1) is 10.9. The fraction of sp³-hybridized carbons (Fsp3) is 0.632. The molecule has 0 aliphatic carbocycles. The Balaban J connectivity index is 2.20. The van der Waals surface area contributed by atoms with Gasteiger partial charge in [-0.25, -0.2) is 0 Å². The first-order valence-corrected chi connectivity index (χ1v) is 8.56. The maximum atomic E-state index is 11.9. The molecule has 4 nitrogen and oxygen atoms in total. The van der Waals surface area contributed by atoms with E-state index in [-0.39, 0.29) is 11.7 Å². The predicted octanol–water partition coefficient (Wildman–Crippen LogP) is 4.26. The molecule has 1 amide bonds. The van der Waals surface area contributed by atoms with Gasteiger partial charge in [-0.1, -0.05) is 46.1 Å². The summed E-state index contributed by atoms with van der Waals surface area (Å²) in [6, 6.07) is 5.10. The van der Waals surface area contributed by atoms with Gasteiger partial charge in [-0.3, -0.25) is 4.79 Å². The molecule has 1 aromatic carbocycles. The van der Waals surface area contributed by atoms with Gasteiger partial charge >= 0.3 is 0 Å². The van der Waals surface area contributed by atoms with Crippen LogP contribution in [0.3, 0.4) is 0 Å². The molecule has 2 N–H and O–H groups in total. The lowest BCUT2D eigenvalue weighted by molar-refractivity contribution is -0.121. The second-order valence-electron chi connectivity index (χ2n) is 6.60. The van der Waals surface area contributed by atoms with E-state index < -0.39 is 0 Å². The van der Waals surface area contributed by atoms with Crippen LogP contribution in [0.25, 0.3) is 0 Å². The molecule has 0 spiro atoms. The highest BCUT2D eigenvalue weighted by molar-refractivity contribution is 5.75. The van der Waals surface area contributed by atoms with Crippen molar-refractivity contribution in [3.63, 3.8) is 0 Å². The Hall–Kier alpha value is -1.71. The fourth-order valence-electron chi connectivity index (χ4n) is 2.38. The summed E-state index contributed by atoms with van der Waals surface area (Å²) in [7, 11) is 1.51. The molecule has 0 aliphatic rings. The van der Waals surface area contributed by atoms with E-state index in [4.69, 9.17) is 4.74 Å². The van der Waals surface area contributed by atoms with Crippen molar-refractivity contribution in [2.45, 2.75) is 59.4 Å². The number of hydrogen-bond acceptors (Lipinski definition) is 3. The number of phenols is 1. The number of methoxy groups -OCH3 is 1. The van der Waals surface area contributed by atoms with E-state index in [1.807, 2.05) is 0 Å². The largest absolute Gasteiger partial charge is 0.504 e. The molecule has 1 atom stereocenters. The lowest BCUT2D eigenvalue weighted by atomic mass is 9.92. The second-order valence-corrected chi connectivity index (χ2v) is 6.60. The molecule has 0 radical (unpaired) electrons. The van der Waals surface area contributed by atoms with Crippen LogP contribution >= 0.6 is 0 Å². The van der Waals surface area contributed by atoms with Crippen molar-refractivity contribution in [1.29, 1.82) is 0 Å². The molecule has 0 fully saturated rings. The minimum atomic E-state index is 0.0777. The molecular formula is C19H31NO3.